The molecule has 0 aromatic carbocycles. The number of nitrogens with two attached hydrogens (primary N) is 1. The monoisotopic (exact) mass is 176 g/mol. The van der Waals surface area contributed by atoms with Gasteiger partial charge in [-0.3, -0.25) is 4.99 Å². The summed E-state index contributed by atoms with van der Waals surface area (Å²) in [6.45, 7) is 2.03. The molecule has 2 N–H and O–H groups in total. The summed E-state index contributed by atoms with van der Waals surface area (Å²) in [6, 6.07) is 0.102. The lowest BCUT2D eigenvalue weighted by atomic mass is 9.94. The lowest BCUT2D eigenvalue weighted by Gasteiger charge is -2.16. The van der Waals surface area contributed by atoms with Gasteiger partial charge < -0.3 is 5.73 Å². The van der Waals surface area contributed by atoms with E-state index in [1.54, 1.807) is 7.05 Å². The molecule has 0 heterocycles. The van der Waals surface area contributed by atoms with Crippen LogP contribution < -0.4 is 5.73 Å². The highest BCUT2D eigenvalue weighted by Crippen LogP contribution is 2.13. The van der Waals surface area contributed by atoms with Gasteiger partial charge in [-0.15, -0.1) is 0 Å². The molecular weight excluding hydrogens is 160 g/mol. The molecule has 13 heavy (non-hydrogen) atoms. The number of aliphatic imine (C=N–C) groups is 1. The summed E-state index contributed by atoms with van der Waals surface area (Å²) in [4.78, 5) is 3.95. The zero-order valence-corrected chi connectivity index (χ0v) is 8.14. The molecule has 0 saturated carbocycles. The van der Waals surface area contributed by atoms with E-state index in [-0.39, 0.29) is 6.04 Å². The molecule has 0 aromatic rings. The first-order valence-electron chi connectivity index (χ1n) is 4.45. The third kappa shape index (κ3) is 2.99. The molecular formula is C11H16N2. The van der Waals surface area contributed by atoms with Gasteiger partial charge in [-0.1, -0.05) is 30.4 Å². The Morgan fingerprint density at radius 1 is 1.38 bits per heavy atom. The Kier molecular flexibility index (Phi) is 3.65. The fraction of sp³-hybridized carbons (Fsp3) is 0.364. The maximum atomic E-state index is 5.90. The van der Waals surface area contributed by atoms with Crippen LogP contribution in [0.15, 0.2) is 40.9 Å². The van der Waals surface area contributed by atoms with Gasteiger partial charge in [-0.05, 0) is 12.5 Å². The zero-order chi connectivity index (χ0) is 9.68. The predicted molar refractivity (Wildman–Crippen MR) is 57.9 cm³/mol. The zero-order valence-electron chi connectivity index (χ0n) is 8.14. The van der Waals surface area contributed by atoms with Gasteiger partial charge in [0.15, 0.2) is 0 Å². The van der Waals surface area contributed by atoms with Crippen LogP contribution in [0.4, 0.5) is 0 Å². The molecule has 0 amide bonds. The van der Waals surface area contributed by atoms with Crippen molar-refractivity contribution in [2.45, 2.75) is 13.0 Å². The third-order valence-electron chi connectivity index (χ3n) is 2.01. The largest absolute Gasteiger partial charge is 0.324 e. The molecule has 0 radical (unpaired) electrons. The lowest BCUT2D eigenvalue weighted by Crippen LogP contribution is -2.26. The van der Waals surface area contributed by atoms with Crippen LogP contribution in [0, 0.1) is 5.92 Å². The van der Waals surface area contributed by atoms with Crippen molar-refractivity contribution in [3.8, 4) is 0 Å². The van der Waals surface area contributed by atoms with Gasteiger partial charge in [0.05, 0.1) is 0 Å². The highest BCUT2D eigenvalue weighted by molar-refractivity contribution is 5.77. The van der Waals surface area contributed by atoms with Gasteiger partial charge in [0.1, 0.15) is 0 Å². The molecule has 2 atom stereocenters. The quantitative estimate of drug-likeness (QED) is 0.639. The van der Waals surface area contributed by atoms with Crippen LogP contribution in [-0.2, 0) is 0 Å². The molecule has 2 unspecified atom stereocenters. The molecule has 0 spiro atoms. The third-order valence-corrected chi connectivity index (χ3v) is 2.01. The fourth-order valence-corrected chi connectivity index (χ4v) is 1.36. The van der Waals surface area contributed by atoms with Crippen molar-refractivity contribution in [1.82, 2.24) is 0 Å². The Morgan fingerprint density at radius 3 is 2.69 bits per heavy atom. The average molecular weight is 176 g/mol. The second-order valence-corrected chi connectivity index (χ2v) is 3.22. The lowest BCUT2D eigenvalue weighted by molar-refractivity contribution is 0.682. The van der Waals surface area contributed by atoms with Gasteiger partial charge >= 0.3 is 0 Å². The minimum absolute atomic E-state index is 0.102. The molecule has 2 heteroatoms. The van der Waals surface area contributed by atoms with E-state index < -0.39 is 0 Å². The summed E-state index contributed by atoms with van der Waals surface area (Å²) in [7, 11) is 1.77. The predicted octanol–water partition coefficient (Wildman–Crippen LogP) is 1.70. The van der Waals surface area contributed by atoms with Gasteiger partial charge in [0.25, 0.3) is 0 Å². The van der Waals surface area contributed by atoms with Crippen LogP contribution >= 0.6 is 0 Å². The van der Waals surface area contributed by atoms with Crippen LogP contribution in [0.2, 0.25) is 0 Å². The van der Waals surface area contributed by atoms with E-state index in [1.807, 2.05) is 31.4 Å². The molecule has 70 valence electrons. The van der Waals surface area contributed by atoms with Crippen molar-refractivity contribution in [3.63, 3.8) is 0 Å². The maximum Gasteiger partial charge on any atom is 0.0326 e. The number of nitrogens with zero attached hydrogens (tertiary/aromatic N) is 1. The molecule has 1 aliphatic rings. The van der Waals surface area contributed by atoms with Gasteiger partial charge in [0, 0.05) is 25.2 Å². The minimum Gasteiger partial charge on any atom is -0.324 e. The Morgan fingerprint density at radius 2 is 2.08 bits per heavy atom. The second-order valence-electron chi connectivity index (χ2n) is 3.22. The molecule has 2 nitrogen and oxygen atoms in total. The normalized spacial score (nSPS) is 28.7. The van der Waals surface area contributed by atoms with Crippen molar-refractivity contribution >= 4 is 6.21 Å². The summed E-state index contributed by atoms with van der Waals surface area (Å²) in [5.41, 5.74) is 7.05. The van der Waals surface area contributed by atoms with Gasteiger partial charge in [0.2, 0.25) is 0 Å². The summed E-state index contributed by atoms with van der Waals surface area (Å²) in [5, 5.41) is 0. The van der Waals surface area contributed by atoms with Crippen molar-refractivity contribution < 1.29 is 0 Å². The first-order valence-corrected chi connectivity index (χ1v) is 4.45. The minimum atomic E-state index is 0.102. The standard InChI is InChI=1S/C11H16N2/c1-9(8-13-2)7-10-5-3-4-6-11(10)12/h3-8,10-11H,12H2,1-2H3/b9-7+,13-8?. The van der Waals surface area contributed by atoms with E-state index in [0.29, 0.717) is 5.92 Å². The molecule has 0 fully saturated rings. The molecule has 1 rings (SSSR count). The fourth-order valence-electron chi connectivity index (χ4n) is 1.36. The number of hydrogen-bond donors (Lipinski definition) is 1. The van der Waals surface area contributed by atoms with Gasteiger partial charge in [-0.25, -0.2) is 0 Å². The summed E-state index contributed by atoms with van der Waals surface area (Å²) in [5.74, 6) is 0.308. The molecule has 0 aliphatic heterocycles. The van der Waals surface area contributed by atoms with Crippen LogP contribution in [0.1, 0.15) is 6.92 Å². The molecule has 0 aromatic heterocycles. The Bertz CT molecular complexity index is 272. The Labute approximate surface area is 79.5 Å². The second kappa shape index (κ2) is 4.77. The SMILES string of the molecule is CN=C/C(C)=C/C1C=CC=CC1N. The van der Waals surface area contributed by atoms with Crippen LogP contribution in [0.5, 0.6) is 0 Å². The first kappa shape index (κ1) is 9.93. The summed E-state index contributed by atoms with van der Waals surface area (Å²) < 4.78 is 0. The molecule has 0 bridgehead atoms. The molecule has 0 saturated heterocycles. The summed E-state index contributed by atoms with van der Waals surface area (Å²) >= 11 is 0. The molecule has 1 aliphatic carbocycles. The van der Waals surface area contributed by atoms with E-state index >= 15 is 0 Å². The van der Waals surface area contributed by atoms with E-state index in [4.69, 9.17) is 5.73 Å². The van der Waals surface area contributed by atoms with Crippen molar-refractivity contribution in [2.75, 3.05) is 7.05 Å². The Hall–Kier alpha value is -1.15. The van der Waals surface area contributed by atoms with E-state index in [2.05, 4.69) is 17.1 Å². The van der Waals surface area contributed by atoms with E-state index in [0.717, 1.165) is 5.57 Å². The number of allylic oxidation sites excluding steroid dienone is 3. The van der Waals surface area contributed by atoms with E-state index in [1.165, 1.54) is 0 Å². The smallest absolute Gasteiger partial charge is 0.0326 e. The topological polar surface area (TPSA) is 38.4 Å². The van der Waals surface area contributed by atoms with Crippen molar-refractivity contribution in [3.05, 3.63) is 36.0 Å². The number of hydrogen-bond acceptors (Lipinski definition) is 2. The van der Waals surface area contributed by atoms with E-state index in [9.17, 15) is 0 Å². The van der Waals surface area contributed by atoms with Gasteiger partial charge in [-0.2, -0.15) is 0 Å². The average Bonchev–Trinajstić information content (AvgIpc) is 2.09. The van der Waals surface area contributed by atoms with Crippen LogP contribution in [0.3, 0.4) is 0 Å². The highest BCUT2D eigenvalue weighted by Gasteiger charge is 2.10. The first-order chi connectivity index (χ1) is 6.24. The highest BCUT2D eigenvalue weighted by atomic mass is 14.6. The summed E-state index contributed by atoms with van der Waals surface area (Å²) in [6.07, 6.45) is 12.1. The maximum absolute atomic E-state index is 5.90. The van der Waals surface area contributed by atoms with Crippen molar-refractivity contribution in [2.24, 2.45) is 16.6 Å². The van der Waals surface area contributed by atoms with Crippen LogP contribution in [0.25, 0.3) is 0 Å². The Balaban J connectivity index is 2.68. The van der Waals surface area contributed by atoms with Crippen LogP contribution in [-0.4, -0.2) is 19.3 Å². The van der Waals surface area contributed by atoms with Crippen molar-refractivity contribution in [1.29, 1.82) is 0 Å². The number of rotatable bonds is 2.